The Morgan fingerprint density at radius 3 is 2.67 bits per heavy atom. The number of aliphatic hydroxyl groups is 1. The molecule has 0 radical (unpaired) electrons. The van der Waals surface area contributed by atoms with Gasteiger partial charge in [0.25, 0.3) is 0 Å². The molecule has 1 aliphatic heterocycles. The van der Waals surface area contributed by atoms with Crippen molar-refractivity contribution in [3.8, 4) is 5.75 Å². The molecule has 5 heteroatoms. The zero-order valence-corrected chi connectivity index (χ0v) is 12.5. The van der Waals surface area contributed by atoms with Gasteiger partial charge in [-0.25, -0.2) is 0 Å². The van der Waals surface area contributed by atoms with E-state index in [1.165, 1.54) is 7.11 Å². The summed E-state index contributed by atoms with van der Waals surface area (Å²) in [5, 5.41) is 9.43. The van der Waals surface area contributed by atoms with E-state index < -0.39 is 17.5 Å². The zero-order valence-electron chi connectivity index (χ0n) is 12.5. The molecule has 0 bridgehead atoms. The lowest BCUT2D eigenvalue weighted by molar-refractivity contribution is -0.155. The van der Waals surface area contributed by atoms with Gasteiger partial charge in [0.2, 0.25) is 0 Å². The summed E-state index contributed by atoms with van der Waals surface area (Å²) in [7, 11) is 1.27. The largest absolute Gasteiger partial charge is 0.515 e. The predicted octanol–water partition coefficient (Wildman–Crippen LogP) is 2.58. The van der Waals surface area contributed by atoms with Crippen molar-refractivity contribution in [2.24, 2.45) is 5.41 Å². The Morgan fingerprint density at radius 1 is 1.43 bits per heavy atom. The van der Waals surface area contributed by atoms with Gasteiger partial charge in [-0.15, -0.1) is 0 Å². The second kappa shape index (κ2) is 5.24. The molecule has 1 N–H and O–H groups in total. The minimum Gasteiger partial charge on any atom is -0.515 e. The third kappa shape index (κ3) is 2.39. The Balaban J connectivity index is 2.54. The second-order valence-electron chi connectivity index (χ2n) is 5.62. The summed E-state index contributed by atoms with van der Waals surface area (Å²) in [6, 6.07) is 5.21. The highest BCUT2D eigenvalue weighted by Gasteiger charge is 2.47. The Labute approximate surface area is 123 Å². The minimum absolute atomic E-state index is 0.0449. The van der Waals surface area contributed by atoms with E-state index >= 15 is 0 Å². The lowest BCUT2D eigenvalue weighted by atomic mass is 9.78. The second-order valence-corrected chi connectivity index (χ2v) is 5.62. The van der Waals surface area contributed by atoms with Gasteiger partial charge in [0.1, 0.15) is 17.3 Å². The quantitative estimate of drug-likeness (QED) is 0.515. The van der Waals surface area contributed by atoms with Crippen LogP contribution in [0.15, 0.2) is 30.0 Å². The van der Waals surface area contributed by atoms with Crippen molar-refractivity contribution in [1.29, 1.82) is 0 Å². The number of carbonyl (C=O) groups excluding carboxylic acids is 2. The first-order chi connectivity index (χ1) is 9.82. The van der Waals surface area contributed by atoms with E-state index in [1.807, 2.05) is 13.0 Å². The highest BCUT2D eigenvalue weighted by atomic mass is 16.5. The summed E-state index contributed by atoms with van der Waals surface area (Å²) in [4.78, 5) is 24.5. The summed E-state index contributed by atoms with van der Waals surface area (Å²) in [6.07, 6.45) is -0.194. The summed E-state index contributed by atoms with van der Waals surface area (Å²) < 4.78 is 10.6. The van der Waals surface area contributed by atoms with E-state index in [-0.39, 0.29) is 11.4 Å². The molecule has 0 aromatic heterocycles. The fourth-order valence-corrected chi connectivity index (χ4v) is 2.42. The van der Waals surface area contributed by atoms with Gasteiger partial charge in [-0.2, -0.15) is 0 Å². The number of methoxy groups -OCH3 is 1. The first kappa shape index (κ1) is 15.1. The Kier molecular flexibility index (Phi) is 3.77. The zero-order chi connectivity index (χ0) is 15.8. The van der Waals surface area contributed by atoms with Crippen LogP contribution in [0.5, 0.6) is 5.75 Å². The number of rotatable bonds is 2. The minimum atomic E-state index is -1.11. The normalized spacial score (nSPS) is 19.9. The Morgan fingerprint density at radius 2 is 2.10 bits per heavy atom. The topological polar surface area (TPSA) is 72.8 Å². The fraction of sp³-hybridized carbons (Fsp3) is 0.375. The van der Waals surface area contributed by atoms with Crippen molar-refractivity contribution < 1.29 is 24.2 Å². The van der Waals surface area contributed by atoms with Crippen molar-refractivity contribution in [1.82, 2.24) is 0 Å². The molecule has 1 aromatic rings. The van der Waals surface area contributed by atoms with E-state index in [9.17, 15) is 14.7 Å². The molecule has 0 aliphatic carbocycles. The molecule has 1 aromatic carbocycles. The van der Waals surface area contributed by atoms with Crippen LogP contribution in [-0.2, 0) is 9.53 Å². The Hall–Kier alpha value is -2.30. The molecule has 1 atom stereocenters. The highest BCUT2D eigenvalue weighted by Crippen LogP contribution is 2.39. The number of ether oxygens (including phenoxy) is 2. The van der Waals surface area contributed by atoms with Gasteiger partial charge in [-0.3, -0.25) is 9.59 Å². The first-order valence-corrected chi connectivity index (χ1v) is 6.57. The Bertz CT molecular complexity index is 628. The lowest BCUT2D eigenvalue weighted by Gasteiger charge is -2.36. The first-order valence-electron chi connectivity index (χ1n) is 6.57. The highest BCUT2D eigenvalue weighted by molar-refractivity contribution is 6.12. The van der Waals surface area contributed by atoms with Crippen molar-refractivity contribution in [2.75, 3.05) is 7.11 Å². The molecule has 0 saturated carbocycles. The van der Waals surface area contributed by atoms with Crippen LogP contribution in [0.3, 0.4) is 0 Å². The average molecular weight is 290 g/mol. The van der Waals surface area contributed by atoms with Crippen molar-refractivity contribution >= 4 is 11.8 Å². The number of Topliss-reactive ketones (excluding diaryl/α,β-unsaturated/α-hetero) is 1. The lowest BCUT2D eigenvalue weighted by Crippen LogP contribution is -2.46. The molecule has 1 aliphatic rings. The summed E-state index contributed by atoms with van der Waals surface area (Å²) in [5.41, 5.74) is 0.228. The van der Waals surface area contributed by atoms with E-state index in [1.54, 1.807) is 26.0 Å². The van der Waals surface area contributed by atoms with Gasteiger partial charge in [0.15, 0.2) is 5.78 Å². The third-order valence-electron chi connectivity index (χ3n) is 3.68. The maximum Gasteiger partial charge on any atom is 0.315 e. The van der Waals surface area contributed by atoms with E-state index in [2.05, 4.69) is 0 Å². The van der Waals surface area contributed by atoms with Crippen LogP contribution in [0.1, 0.15) is 29.8 Å². The van der Waals surface area contributed by atoms with Crippen molar-refractivity contribution in [3.63, 3.8) is 0 Å². The van der Waals surface area contributed by atoms with Gasteiger partial charge >= 0.3 is 5.97 Å². The molecule has 112 valence electrons. The van der Waals surface area contributed by atoms with Crippen LogP contribution in [0.25, 0.3) is 0 Å². The summed E-state index contributed by atoms with van der Waals surface area (Å²) >= 11 is 0. The fourth-order valence-electron chi connectivity index (χ4n) is 2.42. The maximum atomic E-state index is 12.5. The van der Waals surface area contributed by atoms with Crippen molar-refractivity contribution in [3.05, 3.63) is 41.2 Å². The number of fused-ring (bicyclic) bond motifs is 1. The molecule has 0 saturated heterocycles. The van der Waals surface area contributed by atoms with E-state index in [0.717, 1.165) is 5.56 Å². The SMILES string of the molecule is COC(=O)C(C)(C)C1Oc2ccc(C)cc2C(=O)/C1=C\O. The number of esters is 1. The van der Waals surface area contributed by atoms with Crippen LogP contribution >= 0.6 is 0 Å². The number of aryl methyl sites for hydroxylation is 1. The van der Waals surface area contributed by atoms with E-state index in [0.29, 0.717) is 17.6 Å². The molecule has 0 amide bonds. The standard InChI is InChI=1S/C16H18O5/c1-9-5-6-12-10(7-9)13(18)11(8-17)14(21-12)16(2,3)15(19)20-4/h5-8,14,17H,1-4H3/b11-8+. The van der Waals surface area contributed by atoms with Gasteiger partial charge in [-0.1, -0.05) is 11.6 Å². The number of aliphatic hydroxyl groups excluding tert-OH is 1. The van der Waals surface area contributed by atoms with Gasteiger partial charge in [0.05, 0.1) is 24.5 Å². The van der Waals surface area contributed by atoms with Crippen LogP contribution in [0.4, 0.5) is 0 Å². The number of ketones is 1. The molecule has 2 rings (SSSR count). The summed E-state index contributed by atoms with van der Waals surface area (Å²) in [6.45, 7) is 5.08. The monoisotopic (exact) mass is 290 g/mol. The summed E-state index contributed by atoms with van der Waals surface area (Å²) in [5.74, 6) is -0.460. The molecular formula is C16H18O5. The molecule has 0 spiro atoms. The molecular weight excluding hydrogens is 272 g/mol. The van der Waals surface area contributed by atoms with Gasteiger partial charge in [-0.05, 0) is 32.9 Å². The molecule has 1 unspecified atom stereocenters. The third-order valence-corrected chi connectivity index (χ3v) is 3.68. The van der Waals surface area contributed by atoms with Crippen LogP contribution in [-0.4, -0.2) is 30.1 Å². The van der Waals surface area contributed by atoms with E-state index in [4.69, 9.17) is 9.47 Å². The number of carbonyl (C=O) groups is 2. The van der Waals surface area contributed by atoms with Crippen LogP contribution in [0.2, 0.25) is 0 Å². The van der Waals surface area contributed by atoms with Gasteiger partial charge < -0.3 is 14.6 Å². The predicted molar refractivity (Wildman–Crippen MR) is 76.4 cm³/mol. The number of benzene rings is 1. The number of hydrogen-bond donors (Lipinski definition) is 1. The average Bonchev–Trinajstić information content (AvgIpc) is 2.46. The number of hydrogen-bond acceptors (Lipinski definition) is 5. The molecule has 1 heterocycles. The maximum absolute atomic E-state index is 12.5. The van der Waals surface area contributed by atoms with Gasteiger partial charge in [0, 0.05) is 0 Å². The smallest absolute Gasteiger partial charge is 0.315 e. The molecule has 5 nitrogen and oxygen atoms in total. The van der Waals surface area contributed by atoms with Crippen LogP contribution < -0.4 is 4.74 Å². The van der Waals surface area contributed by atoms with Crippen molar-refractivity contribution in [2.45, 2.75) is 26.9 Å². The van der Waals surface area contributed by atoms with Crippen LogP contribution in [0, 0.1) is 12.3 Å². The molecule has 21 heavy (non-hydrogen) atoms. The molecule has 0 fully saturated rings.